The van der Waals surface area contributed by atoms with E-state index < -0.39 is 0 Å². The van der Waals surface area contributed by atoms with Gasteiger partial charge in [0.2, 0.25) is 0 Å². The summed E-state index contributed by atoms with van der Waals surface area (Å²) < 4.78 is 14.1. The van der Waals surface area contributed by atoms with Crippen LogP contribution < -0.4 is 5.46 Å². The molecule has 2 aliphatic heterocycles. The zero-order chi connectivity index (χ0) is 12.9. The summed E-state index contributed by atoms with van der Waals surface area (Å²) in [6.45, 7) is 9.52. The molecule has 3 heterocycles. The molecular weight excluding hydrogens is 227 g/mol. The standard InChI is InChI=1S/C13H21BN2O2/c1-9-5-6-12-11(7-15-16(12)8-9)14-17-10(2)13(3,4)18-14/h7,9-10H,5-6,8H2,1-4H3. The first kappa shape index (κ1) is 12.2. The van der Waals surface area contributed by atoms with Crippen LogP contribution in [0.4, 0.5) is 0 Å². The van der Waals surface area contributed by atoms with E-state index in [1.54, 1.807) is 0 Å². The molecule has 0 amide bonds. The van der Waals surface area contributed by atoms with Crippen LogP contribution in [0.15, 0.2) is 6.20 Å². The fraction of sp³-hybridized carbons (Fsp3) is 0.769. The number of hydrogen-bond donors (Lipinski definition) is 0. The highest BCUT2D eigenvalue weighted by atomic mass is 16.7. The molecule has 0 aliphatic carbocycles. The summed E-state index contributed by atoms with van der Waals surface area (Å²) in [7, 11) is -0.243. The number of rotatable bonds is 1. The van der Waals surface area contributed by atoms with Gasteiger partial charge in [-0.05, 0) is 39.5 Å². The molecule has 0 spiro atoms. The predicted molar refractivity (Wildman–Crippen MR) is 70.8 cm³/mol. The van der Waals surface area contributed by atoms with Crippen molar-refractivity contribution in [3.8, 4) is 0 Å². The highest BCUT2D eigenvalue weighted by Gasteiger charge is 2.45. The molecule has 1 saturated heterocycles. The molecule has 1 aromatic rings. The van der Waals surface area contributed by atoms with Crippen LogP contribution in [0.25, 0.3) is 0 Å². The number of fused-ring (bicyclic) bond motifs is 1. The topological polar surface area (TPSA) is 36.3 Å². The maximum Gasteiger partial charge on any atom is 0.498 e. The molecule has 0 radical (unpaired) electrons. The molecule has 98 valence electrons. The summed E-state index contributed by atoms with van der Waals surface area (Å²) in [6.07, 6.45) is 4.34. The third kappa shape index (κ3) is 1.90. The third-order valence-electron chi connectivity index (χ3n) is 4.31. The summed E-state index contributed by atoms with van der Waals surface area (Å²) in [5, 5.41) is 4.48. The largest absolute Gasteiger partial charge is 0.498 e. The molecule has 4 nitrogen and oxygen atoms in total. The van der Waals surface area contributed by atoms with Crippen LogP contribution in [-0.4, -0.2) is 28.6 Å². The molecular formula is C13H21BN2O2. The lowest BCUT2D eigenvalue weighted by atomic mass is 9.77. The van der Waals surface area contributed by atoms with E-state index in [9.17, 15) is 0 Å². The van der Waals surface area contributed by atoms with E-state index in [0.29, 0.717) is 5.92 Å². The SMILES string of the molecule is CC1CCc2c(B3OC(C)C(C)(C)O3)cnn2C1. The minimum atomic E-state index is -0.243. The maximum absolute atomic E-state index is 6.02. The van der Waals surface area contributed by atoms with E-state index in [-0.39, 0.29) is 18.8 Å². The molecule has 0 saturated carbocycles. The Labute approximate surface area is 109 Å². The zero-order valence-corrected chi connectivity index (χ0v) is 11.6. The summed E-state index contributed by atoms with van der Waals surface area (Å²) in [5.74, 6) is 0.714. The molecule has 3 rings (SSSR count). The van der Waals surface area contributed by atoms with Gasteiger partial charge in [0.25, 0.3) is 0 Å². The number of aromatic nitrogens is 2. The first-order chi connectivity index (χ1) is 8.47. The maximum atomic E-state index is 6.02. The second-order valence-corrected chi connectivity index (χ2v) is 6.20. The normalized spacial score (nSPS) is 30.6. The van der Waals surface area contributed by atoms with Gasteiger partial charge in [-0.25, -0.2) is 0 Å². The van der Waals surface area contributed by atoms with Crippen LogP contribution in [0, 0.1) is 5.92 Å². The van der Waals surface area contributed by atoms with Crippen LogP contribution in [0.5, 0.6) is 0 Å². The molecule has 2 atom stereocenters. The monoisotopic (exact) mass is 248 g/mol. The Morgan fingerprint density at radius 3 is 2.89 bits per heavy atom. The van der Waals surface area contributed by atoms with Crippen molar-refractivity contribution in [2.24, 2.45) is 5.92 Å². The van der Waals surface area contributed by atoms with E-state index in [0.717, 1.165) is 18.4 Å². The Morgan fingerprint density at radius 1 is 1.44 bits per heavy atom. The Balaban J connectivity index is 1.87. The molecule has 2 aliphatic rings. The van der Waals surface area contributed by atoms with Crippen molar-refractivity contribution in [1.29, 1.82) is 0 Å². The van der Waals surface area contributed by atoms with Crippen molar-refractivity contribution in [2.45, 2.75) is 58.8 Å². The Kier molecular flexibility index (Phi) is 2.79. The number of hydrogen-bond acceptors (Lipinski definition) is 3. The van der Waals surface area contributed by atoms with Crippen LogP contribution in [0.3, 0.4) is 0 Å². The van der Waals surface area contributed by atoms with Crippen molar-refractivity contribution in [2.75, 3.05) is 0 Å². The van der Waals surface area contributed by atoms with Gasteiger partial charge in [-0.2, -0.15) is 5.10 Å². The van der Waals surface area contributed by atoms with Gasteiger partial charge >= 0.3 is 7.12 Å². The smallest absolute Gasteiger partial charge is 0.402 e. The van der Waals surface area contributed by atoms with Crippen molar-refractivity contribution < 1.29 is 9.31 Å². The molecule has 5 heteroatoms. The molecule has 0 N–H and O–H groups in total. The van der Waals surface area contributed by atoms with Gasteiger partial charge in [-0.1, -0.05) is 6.92 Å². The summed E-state index contributed by atoms with van der Waals surface area (Å²) >= 11 is 0. The predicted octanol–water partition coefficient (Wildman–Crippen LogP) is 1.37. The van der Waals surface area contributed by atoms with E-state index >= 15 is 0 Å². The molecule has 18 heavy (non-hydrogen) atoms. The van der Waals surface area contributed by atoms with Gasteiger partial charge in [-0.15, -0.1) is 0 Å². The van der Waals surface area contributed by atoms with Crippen LogP contribution >= 0.6 is 0 Å². The van der Waals surface area contributed by atoms with Crippen molar-refractivity contribution in [3.63, 3.8) is 0 Å². The highest BCUT2D eigenvalue weighted by Crippen LogP contribution is 2.28. The van der Waals surface area contributed by atoms with Crippen LogP contribution in [-0.2, 0) is 22.3 Å². The van der Waals surface area contributed by atoms with E-state index in [4.69, 9.17) is 9.31 Å². The first-order valence-corrected chi connectivity index (χ1v) is 6.85. The first-order valence-electron chi connectivity index (χ1n) is 6.85. The van der Waals surface area contributed by atoms with Gasteiger partial charge in [-0.3, -0.25) is 4.68 Å². The van der Waals surface area contributed by atoms with E-state index in [1.807, 2.05) is 6.20 Å². The van der Waals surface area contributed by atoms with Gasteiger partial charge < -0.3 is 9.31 Å². The van der Waals surface area contributed by atoms with Gasteiger partial charge in [0.05, 0.1) is 11.7 Å². The summed E-state index contributed by atoms with van der Waals surface area (Å²) in [5.41, 5.74) is 2.20. The summed E-state index contributed by atoms with van der Waals surface area (Å²) in [4.78, 5) is 0. The van der Waals surface area contributed by atoms with Gasteiger partial charge in [0.15, 0.2) is 0 Å². The van der Waals surface area contributed by atoms with Crippen molar-refractivity contribution in [3.05, 3.63) is 11.9 Å². The Morgan fingerprint density at radius 2 is 2.22 bits per heavy atom. The molecule has 0 aromatic carbocycles. The lowest BCUT2D eigenvalue weighted by Crippen LogP contribution is -2.37. The van der Waals surface area contributed by atoms with E-state index in [1.165, 1.54) is 12.1 Å². The molecule has 1 aromatic heterocycles. The second-order valence-electron chi connectivity index (χ2n) is 6.20. The number of nitrogens with zero attached hydrogens (tertiary/aromatic N) is 2. The average molecular weight is 248 g/mol. The van der Waals surface area contributed by atoms with E-state index in [2.05, 4.69) is 37.5 Å². The Bertz CT molecular complexity index is 458. The van der Waals surface area contributed by atoms with Crippen molar-refractivity contribution >= 4 is 12.6 Å². The Hall–Kier alpha value is -0.805. The fourth-order valence-corrected chi connectivity index (χ4v) is 2.71. The highest BCUT2D eigenvalue weighted by molar-refractivity contribution is 6.62. The lowest BCUT2D eigenvalue weighted by Gasteiger charge is -2.22. The summed E-state index contributed by atoms with van der Waals surface area (Å²) in [6, 6.07) is 0. The quantitative estimate of drug-likeness (QED) is 0.704. The fourth-order valence-electron chi connectivity index (χ4n) is 2.71. The minimum Gasteiger partial charge on any atom is -0.402 e. The molecule has 0 bridgehead atoms. The average Bonchev–Trinajstić information content (AvgIpc) is 2.80. The van der Waals surface area contributed by atoms with Crippen molar-refractivity contribution in [1.82, 2.24) is 9.78 Å². The van der Waals surface area contributed by atoms with Crippen LogP contribution in [0.2, 0.25) is 0 Å². The lowest BCUT2D eigenvalue weighted by molar-refractivity contribution is 0.0842. The van der Waals surface area contributed by atoms with Gasteiger partial charge in [0.1, 0.15) is 0 Å². The third-order valence-corrected chi connectivity index (χ3v) is 4.31. The second kappa shape index (κ2) is 4.10. The van der Waals surface area contributed by atoms with Gasteiger partial charge in [0, 0.05) is 23.9 Å². The molecule has 1 fully saturated rings. The zero-order valence-electron chi connectivity index (χ0n) is 11.6. The minimum absolute atomic E-state index is 0.112. The van der Waals surface area contributed by atoms with Crippen LogP contribution in [0.1, 0.15) is 39.8 Å². The molecule has 2 unspecified atom stereocenters.